The number of hydrogen-bond acceptors (Lipinski definition) is 4. The van der Waals surface area contributed by atoms with Crippen LogP contribution >= 0.6 is 0 Å². The Balaban J connectivity index is 1.44. The first-order valence-electron chi connectivity index (χ1n) is 13.1. The standard InChI is InChI=1S/C31H36O4/c1-19(33-2)35-28-8-9-29(34-3)30(27(28)18-32)24-5-4-23-6-7-26(14-25(23)13-24)31-15-20-10-21(16-31)12-22(11-20)17-31/h4-9,13-14,19-22,32H,10-12,15-18H2,1-3H3. The first kappa shape index (κ1) is 22.9. The third kappa shape index (κ3) is 3.91. The molecule has 0 radical (unpaired) electrons. The maximum absolute atomic E-state index is 10.3. The van der Waals surface area contributed by atoms with Gasteiger partial charge in [0.15, 0.2) is 6.29 Å². The fraction of sp³-hybridized carbons (Fsp3) is 0.484. The zero-order valence-corrected chi connectivity index (χ0v) is 21.0. The Morgan fingerprint density at radius 1 is 0.857 bits per heavy atom. The molecular formula is C31H36O4. The number of aliphatic hydroxyl groups is 1. The summed E-state index contributed by atoms with van der Waals surface area (Å²) in [4.78, 5) is 0. The van der Waals surface area contributed by atoms with Crippen LogP contribution in [0, 0.1) is 17.8 Å². The Labute approximate surface area is 208 Å². The van der Waals surface area contributed by atoms with Crippen molar-refractivity contribution in [3.63, 3.8) is 0 Å². The molecule has 0 heterocycles. The third-order valence-electron chi connectivity index (χ3n) is 9.01. The monoisotopic (exact) mass is 472 g/mol. The predicted octanol–water partition coefficient (Wildman–Crippen LogP) is 6.85. The number of methoxy groups -OCH3 is 2. The van der Waals surface area contributed by atoms with E-state index in [9.17, 15) is 5.11 Å². The second-order valence-electron chi connectivity index (χ2n) is 11.2. The van der Waals surface area contributed by atoms with Gasteiger partial charge >= 0.3 is 0 Å². The summed E-state index contributed by atoms with van der Waals surface area (Å²) in [7, 11) is 3.28. The largest absolute Gasteiger partial charge is 0.496 e. The molecule has 0 aliphatic heterocycles. The minimum Gasteiger partial charge on any atom is -0.496 e. The molecule has 7 rings (SSSR count). The molecule has 35 heavy (non-hydrogen) atoms. The maximum Gasteiger partial charge on any atom is 0.196 e. The van der Waals surface area contributed by atoms with E-state index in [2.05, 4.69) is 36.4 Å². The Morgan fingerprint density at radius 3 is 2.14 bits per heavy atom. The van der Waals surface area contributed by atoms with E-state index in [0.717, 1.165) is 34.6 Å². The van der Waals surface area contributed by atoms with Gasteiger partial charge in [0, 0.05) is 18.2 Å². The van der Waals surface area contributed by atoms with Crippen molar-refractivity contribution in [2.75, 3.05) is 14.2 Å². The van der Waals surface area contributed by atoms with E-state index >= 15 is 0 Å². The molecule has 3 aromatic carbocycles. The Bertz CT molecular complexity index is 1210. The number of aliphatic hydroxyl groups excluding tert-OH is 1. The van der Waals surface area contributed by atoms with Crippen LogP contribution in [0.3, 0.4) is 0 Å². The highest BCUT2D eigenvalue weighted by Crippen LogP contribution is 2.60. The molecular weight excluding hydrogens is 436 g/mol. The first-order valence-corrected chi connectivity index (χ1v) is 13.1. The highest BCUT2D eigenvalue weighted by molar-refractivity contribution is 5.90. The van der Waals surface area contributed by atoms with Gasteiger partial charge in [-0.25, -0.2) is 0 Å². The Kier molecular flexibility index (Phi) is 5.77. The van der Waals surface area contributed by atoms with Crippen LogP contribution < -0.4 is 9.47 Å². The van der Waals surface area contributed by atoms with E-state index in [1.54, 1.807) is 14.2 Å². The van der Waals surface area contributed by atoms with Crippen LogP contribution in [-0.2, 0) is 16.8 Å². The molecule has 0 saturated heterocycles. The van der Waals surface area contributed by atoms with Crippen LogP contribution in [0.5, 0.6) is 11.5 Å². The molecule has 4 heteroatoms. The molecule has 3 aromatic rings. The summed E-state index contributed by atoms with van der Waals surface area (Å²) >= 11 is 0. The normalized spacial score (nSPS) is 27.8. The van der Waals surface area contributed by atoms with Gasteiger partial charge in [0.2, 0.25) is 0 Å². The highest BCUT2D eigenvalue weighted by Gasteiger charge is 2.51. The predicted molar refractivity (Wildman–Crippen MR) is 139 cm³/mol. The van der Waals surface area contributed by atoms with E-state index in [1.165, 1.54) is 54.9 Å². The zero-order chi connectivity index (χ0) is 24.2. The number of benzene rings is 3. The van der Waals surface area contributed by atoms with Gasteiger partial charge in [0.05, 0.1) is 13.7 Å². The van der Waals surface area contributed by atoms with Crippen molar-refractivity contribution in [3.05, 3.63) is 59.7 Å². The molecule has 4 bridgehead atoms. The van der Waals surface area contributed by atoms with Crippen LogP contribution in [0.15, 0.2) is 48.5 Å². The highest BCUT2D eigenvalue weighted by atomic mass is 16.7. The van der Waals surface area contributed by atoms with E-state index in [1.807, 2.05) is 19.1 Å². The van der Waals surface area contributed by atoms with Crippen molar-refractivity contribution in [1.29, 1.82) is 0 Å². The quantitative estimate of drug-likeness (QED) is 0.382. The van der Waals surface area contributed by atoms with Crippen molar-refractivity contribution < 1.29 is 19.3 Å². The minimum atomic E-state index is -0.416. The van der Waals surface area contributed by atoms with Crippen LogP contribution in [0.4, 0.5) is 0 Å². The van der Waals surface area contributed by atoms with Crippen molar-refractivity contribution in [2.24, 2.45) is 17.8 Å². The Morgan fingerprint density at radius 2 is 1.51 bits per heavy atom. The van der Waals surface area contributed by atoms with E-state index in [-0.39, 0.29) is 6.61 Å². The summed E-state index contributed by atoms with van der Waals surface area (Å²) in [6.07, 6.45) is 8.06. The smallest absolute Gasteiger partial charge is 0.196 e. The van der Waals surface area contributed by atoms with E-state index in [0.29, 0.717) is 16.7 Å². The lowest BCUT2D eigenvalue weighted by Gasteiger charge is -2.57. The molecule has 1 unspecified atom stereocenters. The number of rotatable bonds is 7. The lowest BCUT2D eigenvalue weighted by molar-refractivity contribution is -0.0392. The summed E-state index contributed by atoms with van der Waals surface area (Å²) in [5, 5.41) is 12.8. The van der Waals surface area contributed by atoms with Crippen LogP contribution in [0.25, 0.3) is 21.9 Å². The van der Waals surface area contributed by atoms with Crippen molar-refractivity contribution >= 4 is 10.8 Å². The van der Waals surface area contributed by atoms with Crippen LogP contribution in [0.1, 0.15) is 56.6 Å². The van der Waals surface area contributed by atoms with E-state index < -0.39 is 6.29 Å². The molecule has 184 valence electrons. The number of ether oxygens (including phenoxy) is 3. The molecule has 4 aliphatic carbocycles. The summed E-state index contributed by atoms with van der Waals surface area (Å²) in [6.45, 7) is 1.69. The van der Waals surface area contributed by atoms with Gasteiger partial charge in [0.25, 0.3) is 0 Å². The molecule has 0 spiro atoms. The van der Waals surface area contributed by atoms with Gasteiger partial charge < -0.3 is 19.3 Å². The lowest BCUT2D eigenvalue weighted by Crippen LogP contribution is -2.48. The zero-order valence-electron chi connectivity index (χ0n) is 21.0. The molecule has 4 saturated carbocycles. The molecule has 1 atom stereocenters. The van der Waals surface area contributed by atoms with Crippen molar-refractivity contribution in [1.82, 2.24) is 0 Å². The summed E-state index contributed by atoms with van der Waals surface area (Å²) < 4.78 is 17.0. The van der Waals surface area contributed by atoms with Gasteiger partial charge in [-0.05, 0) is 109 Å². The molecule has 0 amide bonds. The van der Waals surface area contributed by atoms with Gasteiger partial charge in [-0.1, -0.05) is 30.3 Å². The number of fused-ring (bicyclic) bond motifs is 1. The first-order chi connectivity index (χ1) is 17.0. The number of hydrogen-bond donors (Lipinski definition) is 1. The fourth-order valence-corrected chi connectivity index (χ4v) is 7.78. The second-order valence-corrected chi connectivity index (χ2v) is 11.2. The second kappa shape index (κ2) is 8.83. The maximum atomic E-state index is 10.3. The molecule has 1 N–H and O–H groups in total. The molecule has 4 nitrogen and oxygen atoms in total. The summed E-state index contributed by atoms with van der Waals surface area (Å²) in [5.41, 5.74) is 4.51. The topological polar surface area (TPSA) is 47.9 Å². The average molecular weight is 473 g/mol. The van der Waals surface area contributed by atoms with E-state index in [4.69, 9.17) is 14.2 Å². The fourth-order valence-electron chi connectivity index (χ4n) is 7.78. The SMILES string of the molecule is COc1ccc(OC(C)OC)c(CO)c1-c1ccc2ccc(C34CC5CC(CC(C5)C3)C4)cc2c1. The van der Waals surface area contributed by atoms with Gasteiger partial charge in [-0.3, -0.25) is 0 Å². The summed E-state index contributed by atoms with van der Waals surface area (Å²) in [6, 6.07) is 17.4. The molecule has 4 aliphatic rings. The summed E-state index contributed by atoms with van der Waals surface area (Å²) in [5.74, 6) is 4.12. The van der Waals surface area contributed by atoms with Gasteiger partial charge in [-0.15, -0.1) is 0 Å². The molecule has 4 fully saturated rings. The average Bonchev–Trinajstić information content (AvgIpc) is 2.86. The van der Waals surface area contributed by atoms with Crippen LogP contribution in [0.2, 0.25) is 0 Å². The van der Waals surface area contributed by atoms with Gasteiger partial charge in [-0.2, -0.15) is 0 Å². The minimum absolute atomic E-state index is 0.149. The van der Waals surface area contributed by atoms with Crippen LogP contribution in [-0.4, -0.2) is 25.6 Å². The van der Waals surface area contributed by atoms with Gasteiger partial charge in [0.1, 0.15) is 11.5 Å². The molecule has 0 aromatic heterocycles. The van der Waals surface area contributed by atoms with Crippen molar-refractivity contribution in [2.45, 2.75) is 63.8 Å². The van der Waals surface area contributed by atoms with Crippen molar-refractivity contribution in [3.8, 4) is 22.6 Å². The third-order valence-corrected chi connectivity index (χ3v) is 9.01. The Hall–Kier alpha value is -2.56. The lowest BCUT2D eigenvalue weighted by atomic mass is 9.48.